The maximum Gasteiger partial charge on any atom is 0.303 e. The Labute approximate surface area is 90.9 Å². The molecule has 0 saturated heterocycles. The standard InChI is InChI=1S/C13H18O2/c1-10(2)8-12-5-3-4-11(9-12)6-7-13(14)15/h3-5,9-10H,6-8H2,1-2H3,(H,14,15). The highest BCUT2D eigenvalue weighted by molar-refractivity contribution is 5.67. The second-order valence-electron chi connectivity index (χ2n) is 4.31. The smallest absolute Gasteiger partial charge is 0.303 e. The zero-order valence-corrected chi connectivity index (χ0v) is 9.36. The summed E-state index contributed by atoms with van der Waals surface area (Å²) >= 11 is 0. The Morgan fingerprint density at radius 3 is 2.60 bits per heavy atom. The van der Waals surface area contributed by atoms with Gasteiger partial charge in [0.15, 0.2) is 0 Å². The summed E-state index contributed by atoms with van der Waals surface area (Å²) in [7, 11) is 0. The fourth-order valence-corrected chi connectivity index (χ4v) is 1.63. The lowest BCUT2D eigenvalue weighted by atomic mass is 9.99. The molecule has 0 heterocycles. The molecule has 0 atom stereocenters. The van der Waals surface area contributed by atoms with Crippen molar-refractivity contribution in [1.82, 2.24) is 0 Å². The molecule has 1 rings (SSSR count). The molecule has 1 aromatic rings. The number of carboxylic acid groups (broad SMARTS) is 1. The first-order chi connectivity index (χ1) is 7.08. The number of aryl methyl sites for hydroxylation is 1. The van der Waals surface area contributed by atoms with Crippen LogP contribution in [0.1, 0.15) is 31.4 Å². The van der Waals surface area contributed by atoms with Crippen molar-refractivity contribution in [2.45, 2.75) is 33.1 Å². The molecule has 0 spiro atoms. The van der Waals surface area contributed by atoms with Gasteiger partial charge in [-0.3, -0.25) is 4.79 Å². The van der Waals surface area contributed by atoms with E-state index >= 15 is 0 Å². The van der Waals surface area contributed by atoms with E-state index in [2.05, 4.69) is 26.0 Å². The zero-order chi connectivity index (χ0) is 11.3. The van der Waals surface area contributed by atoms with E-state index < -0.39 is 5.97 Å². The average Bonchev–Trinajstić information content (AvgIpc) is 2.14. The molecule has 2 nitrogen and oxygen atoms in total. The minimum absolute atomic E-state index is 0.213. The van der Waals surface area contributed by atoms with Crippen LogP contribution in [0.5, 0.6) is 0 Å². The molecular formula is C13H18O2. The van der Waals surface area contributed by atoms with Crippen LogP contribution in [0.4, 0.5) is 0 Å². The molecule has 0 saturated carbocycles. The van der Waals surface area contributed by atoms with Gasteiger partial charge in [0, 0.05) is 6.42 Å². The fraction of sp³-hybridized carbons (Fsp3) is 0.462. The van der Waals surface area contributed by atoms with Gasteiger partial charge in [-0.1, -0.05) is 38.1 Å². The summed E-state index contributed by atoms with van der Waals surface area (Å²) in [5, 5.41) is 8.59. The van der Waals surface area contributed by atoms with Crippen molar-refractivity contribution >= 4 is 5.97 Å². The van der Waals surface area contributed by atoms with Gasteiger partial charge >= 0.3 is 5.97 Å². The van der Waals surface area contributed by atoms with Gasteiger partial charge in [-0.2, -0.15) is 0 Å². The third-order valence-corrected chi connectivity index (χ3v) is 2.26. The molecule has 0 aliphatic carbocycles. The number of rotatable bonds is 5. The summed E-state index contributed by atoms with van der Waals surface area (Å²) in [6.07, 6.45) is 1.90. The van der Waals surface area contributed by atoms with E-state index in [0.717, 1.165) is 12.0 Å². The van der Waals surface area contributed by atoms with Gasteiger partial charge in [0.05, 0.1) is 0 Å². The highest BCUT2D eigenvalue weighted by Gasteiger charge is 2.01. The molecule has 0 radical (unpaired) electrons. The van der Waals surface area contributed by atoms with Crippen LogP contribution < -0.4 is 0 Å². The van der Waals surface area contributed by atoms with Gasteiger partial charge < -0.3 is 5.11 Å². The van der Waals surface area contributed by atoms with E-state index in [1.54, 1.807) is 0 Å². The second-order valence-corrected chi connectivity index (χ2v) is 4.31. The second kappa shape index (κ2) is 5.54. The number of hydrogen-bond donors (Lipinski definition) is 1. The first-order valence-corrected chi connectivity index (χ1v) is 5.37. The monoisotopic (exact) mass is 206 g/mol. The topological polar surface area (TPSA) is 37.3 Å². The number of aliphatic carboxylic acids is 1. The number of carbonyl (C=O) groups is 1. The van der Waals surface area contributed by atoms with Gasteiger partial charge in [0.1, 0.15) is 0 Å². The van der Waals surface area contributed by atoms with E-state index in [0.29, 0.717) is 12.3 Å². The number of benzene rings is 1. The summed E-state index contributed by atoms with van der Waals surface area (Å²) in [4.78, 5) is 10.4. The van der Waals surface area contributed by atoms with Crippen LogP contribution in [0.15, 0.2) is 24.3 Å². The predicted molar refractivity (Wildman–Crippen MR) is 60.9 cm³/mol. The predicted octanol–water partition coefficient (Wildman–Crippen LogP) is 2.90. The number of hydrogen-bond acceptors (Lipinski definition) is 1. The Hall–Kier alpha value is -1.31. The van der Waals surface area contributed by atoms with Crippen LogP contribution in [0.3, 0.4) is 0 Å². The normalized spacial score (nSPS) is 10.6. The summed E-state index contributed by atoms with van der Waals surface area (Å²) in [5.74, 6) is -0.0935. The summed E-state index contributed by atoms with van der Waals surface area (Å²) in [6.45, 7) is 4.37. The van der Waals surface area contributed by atoms with Crippen molar-refractivity contribution in [3.63, 3.8) is 0 Å². The fourth-order valence-electron chi connectivity index (χ4n) is 1.63. The minimum atomic E-state index is -0.732. The lowest BCUT2D eigenvalue weighted by molar-refractivity contribution is -0.136. The average molecular weight is 206 g/mol. The van der Waals surface area contributed by atoms with Gasteiger partial charge in [-0.25, -0.2) is 0 Å². The molecule has 0 fully saturated rings. The first kappa shape index (κ1) is 11.8. The summed E-state index contributed by atoms with van der Waals surface area (Å²) < 4.78 is 0. The van der Waals surface area contributed by atoms with Crippen LogP contribution in [0, 0.1) is 5.92 Å². The molecule has 0 bridgehead atoms. The SMILES string of the molecule is CC(C)Cc1cccc(CCC(=O)O)c1. The quantitative estimate of drug-likeness (QED) is 0.804. The zero-order valence-electron chi connectivity index (χ0n) is 9.36. The molecule has 0 aliphatic rings. The van der Waals surface area contributed by atoms with E-state index in [1.165, 1.54) is 5.56 Å². The Morgan fingerprint density at radius 2 is 2.00 bits per heavy atom. The van der Waals surface area contributed by atoms with Crippen molar-refractivity contribution in [2.75, 3.05) is 0 Å². The van der Waals surface area contributed by atoms with E-state index in [1.807, 2.05) is 12.1 Å². The molecule has 15 heavy (non-hydrogen) atoms. The van der Waals surface area contributed by atoms with E-state index in [9.17, 15) is 4.79 Å². The molecule has 0 aromatic heterocycles. The summed E-state index contributed by atoms with van der Waals surface area (Å²) in [5.41, 5.74) is 2.42. The van der Waals surface area contributed by atoms with Gasteiger partial charge in [0.2, 0.25) is 0 Å². The first-order valence-electron chi connectivity index (χ1n) is 5.37. The number of carboxylic acids is 1. The molecule has 0 amide bonds. The molecule has 0 unspecified atom stereocenters. The van der Waals surface area contributed by atoms with Gasteiger partial charge in [0.25, 0.3) is 0 Å². The van der Waals surface area contributed by atoms with E-state index in [4.69, 9.17) is 5.11 Å². The highest BCUT2D eigenvalue weighted by Crippen LogP contribution is 2.11. The Bertz CT molecular complexity index is 329. The molecule has 82 valence electrons. The molecule has 1 N–H and O–H groups in total. The lowest BCUT2D eigenvalue weighted by Crippen LogP contribution is -1.99. The maximum absolute atomic E-state index is 10.4. The van der Waals surface area contributed by atoms with E-state index in [-0.39, 0.29) is 6.42 Å². The van der Waals surface area contributed by atoms with Crippen molar-refractivity contribution in [3.8, 4) is 0 Å². The van der Waals surface area contributed by atoms with Crippen LogP contribution in [0.2, 0.25) is 0 Å². The van der Waals surface area contributed by atoms with Crippen LogP contribution in [-0.4, -0.2) is 11.1 Å². The maximum atomic E-state index is 10.4. The minimum Gasteiger partial charge on any atom is -0.481 e. The molecule has 2 heteroatoms. The van der Waals surface area contributed by atoms with Crippen LogP contribution >= 0.6 is 0 Å². The van der Waals surface area contributed by atoms with Gasteiger partial charge in [-0.05, 0) is 29.9 Å². The van der Waals surface area contributed by atoms with Crippen molar-refractivity contribution in [1.29, 1.82) is 0 Å². The van der Waals surface area contributed by atoms with Crippen molar-refractivity contribution < 1.29 is 9.90 Å². The van der Waals surface area contributed by atoms with Crippen molar-refractivity contribution in [3.05, 3.63) is 35.4 Å². The highest BCUT2D eigenvalue weighted by atomic mass is 16.4. The Balaban J connectivity index is 2.61. The summed E-state index contributed by atoms with van der Waals surface area (Å²) in [6, 6.07) is 8.22. The molecular weight excluding hydrogens is 188 g/mol. The molecule has 0 aliphatic heterocycles. The lowest BCUT2D eigenvalue weighted by Gasteiger charge is -2.06. The van der Waals surface area contributed by atoms with Crippen molar-refractivity contribution in [2.24, 2.45) is 5.92 Å². The van der Waals surface area contributed by atoms with Crippen LogP contribution in [0.25, 0.3) is 0 Å². The van der Waals surface area contributed by atoms with Gasteiger partial charge in [-0.15, -0.1) is 0 Å². The molecule has 1 aromatic carbocycles. The Kier molecular flexibility index (Phi) is 4.35. The third-order valence-electron chi connectivity index (χ3n) is 2.26. The van der Waals surface area contributed by atoms with Crippen LogP contribution in [-0.2, 0) is 17.6 Å². The largest absolute Gasteiger partial charge is 0.481 e. The third kappa shape index (κ3) is 4.63. The Morgan fingerprint density at radius 1 is 1.33 bits per heavy atom.